The zero-order chi connectivity index (χ0) is 49.2. The molecular weight excluding hydrogens is 849 g/mol. The molecule has 0 aliphatic heterocycles. The van der Waals surface area contributed by atoms with Crippen LogP contribution in [-0.2, 0) is 0 Å². The molecule has 6 aromatic rings. The van der Waals surface area contributed by atoms with Gasteiger partial charge in [0, 0.05) is 73.4 Å². The third kappa shape index (κ3) is 16.7. The first-order valence-electron chi connectivity index (χ1n) is 27.1. The van der Waals surface area contributed by atoms with Gasteiger partial charge in [-0.15, -0.1) is 0 Å². The lowest BCUT2D eigenvalue weighted by molar-refractivity contribution is 0.678. The molecule has 0 amide bonds. The molecule has 0 saturated heterocycles. The average Bonchev–Trinajstić information content (AvgIpc) is 3.41. The summed E-state index contributed by atoms with van der Waals surface area (Å²) in [5.74, 6) is 0. The molecule has 0 saturated carbocycles. The van der Waals surface area contributed by atoms with Crippen LogP contribution in [0.4, 0.5) is 34.1 Å². The predicted molar refractivity (Wildman–Crippen MR) is 313 cm³/mol. The Labute approximate surface area is 425 Å². The van der Waals surface area contributed by atoms with Crippen molar-refractivity contribution in [3.63, 3.8) is 0 Å². The summed E-state index contributed by atoms with van der Waals surface area (Å²) in [6.07, 6.45) is 28.0. The van der Waals surface area contributed by atoms with Crippen LogP contribution in [0.5, 0.6) is 0 Å². The van der Waals surface area contributed by atoms with Crippen LogP contribution >= 0.6 is 0 Å². The monoisotopic (exact) mass is 933 g/mol. The molecule has 0 unspecified atom stereocenters. The Bertz CT molecular complexity index is 2120. The van der Waals surface area contributed by atoms with E-state index in [1.165, 1.54) is 127 Å². The number of benzene rings is 6. The third-order valence-corrected chi connectivity index (χ3v) is 13.3. The summed E-state index contributed by atoms with van der Waals surface area (Å²) < 4.78 is 0. The molecule has 0 N–H and O–H groups in total. The Hall–Kier alpha value is -6.26. The molecular formula is C66H84N4. The van der Waals surface area contributed by atoms with E-state index in [-0.39, 0.29) is 0 Å². The maximum absolute atomic E-state index is 2.55. The van der Waals surface area contributed by atoms with Crippen LogP contribution in [0.3, 0.4) is 0 Å². The number of nitrogens with zero attached hydrogens (tertiary/aromatic N) is 4. The van der Waals surface area contributed by atoms with Gasteiger partial charge in [0.25, 0.3) is 0 Å². The van der Waals surface area contributed by atoms with E-state index in [1.807, 2.05) is 0 Å². The second kappa shape index (κ2) is 29.7. The molecule has 4 nitrogen and oxygen atoms in total. The summed E-state index contributed by atoms with van der Waals surface area (Å²) in [5.41, 5.74) is 14.5. The lowest BCUT2D eigenvalue weighted by atomic mass is 10.1. The SMILES string of the molecule is CCCCN(CCCC)c1ccc(/C=C/c2ccc(N(c3ccc(/C=C/c4ccc(N(CCCC)CCCC)cc4)cc3)c3ccc(/C=C/c4ccc(N(CCCC)CCCC)cc4)cc3)cc2)cc1. The van der Waals surface area contributed by atoms with E-state index < -0.39 is 0 Å². The van der Waals surface area contributed by atoms with Gasteiger partial charge in [-0.2, -0.15) is 0 Å². The molecule has 0 atom stereocenters. The Morgan fingerprint density at radius 2 is 0.386 bits per heavy atom. The molecule has 0 spiro atoms. The van der Waals surface area contributed by atoms with Crippen molar-refractivity contribution in [3.05, 3.63) is 179 Å². The average molecular weight is 933 g/mol. The fourth-order valence-corrected chi connectivity index (χ4v) is 8.82. The molecule has 70 heavy (non-hydrogen) atoms. The van der Waals surface area contributed by atoms with Crippen molar-refractivity contribution in [2.45, 2.75) is 119 Å². The lowest BCUT2D eigenvalue weighted by Gasteiger charge is -2.26. The van der Waals surface area contributed by atoms with Gasteiger partial charge >= 0.3 is 0 Å². The number of anilines is 6. The van der Waals surface area contributed by atoms with Crippen molar-refractivity contribution in [1.29, 1.82) is 0 Å². The Balaban J connectivity index is 1.20. The number of unbranched alkanes of at least 4 members (excludes halogenated alkanes) is 6. The molecule has 0 aliphatic carbocycles. The summed E-state index contributed by atoms with van der Waals surface area (Å²) in [6.45, 7) is 20.4. The van der Waals surface area contributed by atoms with E-state index in [9.17, 15) is 0 Å². The van der Waals surface area contributed by atoms with Crippen molar-refractivity contribution in [1.82, 2.24) is 0 Å². The lowest BCUT2D eigenvalue weighted by Crippen LogP contribution is -2.25. The van der Waals surface area contributed by atoms with Crippen LogP contribution in [0.2, 0.25) is 0 Å². The second-order valence-corrected chi connectivity index (χ2v) is 19.0. The van der Waals surface area contributed by atoms with Gasteiger partial charge in [0.15, 0.2) is 0 Å². The minimum atomic E-state index is 1.12. The quantitative estimate of drug-likeness (QED) is 0.0417. The van der Waals surface area contributed by atoms with Gasteiger partial charge in [-0.05, 0) is 145 Å². The topological polar surface area (TPSA) is 13.0 Å². The molecule has 0 heterocycles. The zero-order valence-corrected chi connectivity index (χ0v) is 43.8. The van der Waals surface area contributed by atoms with E-state index in [4.69, 9.17) is 0 Å². The van der Waals surface area contributed by atoms with Crippen LogP contribution < -0.4 is 19.6 Å². The predicted octanol–water partition coefficient (Wildman–Crippen LogP) is 18.9. The smallest absolute Gasteiger partial charge is 0.0462 e. The summed E-state index contributed by atoms with van der Waals surface area (Å²) >= 11 is 0. The fraction of sp³-hybridized carbons (Fsp3) is 0.364. The third-order valence-electron chi connectivity index (χ3n) is 13.3. The van der Waals surface area contributed by atoms with Crippen LogP contribution in [0, 0.1) is 0 Å². The minimum Gasteiger partial charge on any atom is -0.372 e. The number of rotatable bonds is 30. The molecule has 368 valence electrons. The van der Waals surface area contributed by atoms with Crippen molar-refractivity contribution < 1.29 is 0 Å². The summed E-state index contributed by atoms with van der Waals surface area (Å²) in [5, 5.41) is 0. The molecule has 0 aliphatic rings. The van der Waals surface area contributed by atoms with E-state index in [1.54, 1.807) is 0 Å². The van der Waals surface area contributed by atoms with Gasteiger partial charge in [-0.3, -0.25) is 0 Å². The maximum atomic E-state index is 2.55. The van der Waals surface area contributed by atoms with E-state index in [2.05, 4.69) is 243 Å². The largest absolute Gasteiger partial charge is 0.372 e. The van der Waals surface area contributed by atoms with E-state index in [0.29, 0.717) is 0 Å². The van der Waals surface area contributed by atoms with Crippen LogP contribution in [0.1, 0.15) is 152 Å². The summed E-state index contributed by atoms with van der Waals surface area (Å²) in [7, 11) is 0. The van der Waals surface area contributed by atoms with E-state index in [0.717, 1.165) is 56.3 Å². The van der Waals surface area contributed by atoms with Crippen molar-refractivity contribution in [2.24, 2.45) is 0 Å². The van der Waals surface area contributed by atoms with Gasteiger partial charge in [-0.1, -0.05) is 189 Å². The standard InChI is InChI=1S/C66H84N4/c1-7-13-49-67(50-14-8-2)61-37-25-55(26-38-61)19-22-58-31-43-64(44-32-58)70(65-45-33-59(34-46-65)23-20-56-27-39-62(40-28-56)68(51-15-9-3)52-16-10-4)66-47-35-60(36-48-66)24-21-57-29-41-63(42-30-57)69(53-17-11-5)54-18-12-6/h19-48H,7-18,49-54H2,1-6H3/b22-19+,23-20+,24-21+. The van der Waals surface area contributed by atoms with Crippen LogP contribution in [0.25, 0.3) is 36.5 Å². The van der Waals surface area contributed by atoms with Gasteiger partial charge < -0.3 is 19.6 Å². The molecule has 6 rings (SSSR count). The normalized spacial score (nSPS) is 11.6. The summed E-state index contributed by atoms with van der Waals surface area (Å²) in [6, 6.07) is 54.1. The van der Waals surface area contributed by atoms with Gasteiger partial charge in [0.1, 0.15) is 0 Å². The number of hydrogen-bond donors (Lipinski definition) is 0. The highest BCUT2D eigenvalue weighted by Crippen LogP contribution is 2.36. The highest BCUT2D eigenvalue weighted by Gasteiger charge is 2.13. The Morgan fingerprint density at radius 3 is 0.543 bits per heavy atom. The fourth-order valence-electron chi connectivity index (χ4n) is 8.82. The highest BCUT2D eigenvalue weighted by atomic mass is 15.1. The molecule has 0 fully saturated rings. The van der Waals surface area contributed by atoms with E-state index >= 15 is 0 Å². The number of hydrogen-bond acceptors (Lipinski definition) is 4. The van der Waals surface area contributed by atoms with Crippen LogP contribution in [-0.4, -0.2) is 39.3 Å². The first-order valence-corrected chi connectivity index (χ1v) is 27.1. The van der Waals surface area contributed by atoms with Gasteiger partial charge in [0.2, 0.25) is 0 Å². The Kier molecular flexibility index (Phi) is 22.5. The molecule has 0 radical (unpaired) electrons. The van der Waals surface area contributed by atoms with Crippen molar-refractivity contribution in [3.8, 4) is 0 Å². The highest BCUT2D eigenvalue weighted by molar-refractivity contribution is 5.81. The van der Waals surface area contributed by atoms with Crippen molar-refractivity contribution in [2.75, 3.05) is 58.9 Å². The zero-order valence-electron chi connectivity index (χ0n) is 43.8. The first kappa shape index (κ1) is 53.1. The summed E-state index contributed by atoms with van der Waals surface area (Å²) in [4.78, 5) is 10.0. The molecule has 4 heteroatoms. The van der Waals surface area contributed by atoms with Gasteiger partial charge in [-0.25, -0.2) is 0 Å². The molecule has 0 aromatic heterocycles. The van der Waals surface area contributed by atoms with Crippen molar-refractivity contribution >= 4 is 70.6 Å². The minimum absolute atomic E-state index is 1.12. The first-order chi connectivity index (χ1) is 34.4. The van der Waals surface area contributed by atoms with Gasteiger partial charge in [0.05, 0.1) is 0 Å². The molecule has 0 bridgehead atoms. The molecule has 6 aromatic carbocycles. The van der Waals surface area contributed by atoms with Crippen LogP contribution in [0.15, 0.2) is 146 Å². The Morgan fingerprint density at radius 1 is 0.229 bits per heavy atom. The second-order valence-electron chi connectivity index (χ2n) is 19.0. The maximum Gasteiger partial charge on any atom is 0.0462 e.